The molecule has 3 atom stereocenters. The van der Waals surface area contributed by atoms with Crippen molar-refractivity contribution in [2.75, 3.05) is 30.1 Å². The Bertz CT molecular complexity index is 1790. The number of aliphatic hydroxyl groups is 1. The summed E-state index contributed by atoms with van der Waals surface area (Å²) in [6.45, 7) is 5.34. The van der Waals surface area contributed by atoms with E-state index >= 15 is 0 Å². The number of carbonyl (C=O) groups excluding carboxylic acids is 2. The van der Waals surface area contributed by atoms with Crippen LogP contribution < -0.4 is 20.3 Å². The van der Waals surface area contributed by atoms with E-state index in [0.29, 0.717) is 17.1 Å². The van der Waals surface area contributed by atoms with Crippen molar-refractivity contribution >= 4 is 50.8 Å². The maximum Gasteiger partial charge on any atom is 0.328 e. The Balaban J connectivity index is 1.69. The van der Waals surface area contributed by atoms with Gasteiger partial charge in [-0.1, -0.05) is 69.9 Å². The van der Waals surface area contributed by atoms with E-state index in [9.17, 15) is 38.1 Å². The van der Waals surface area contributed by atoms with E-state index in [1.807, 2.05) is 36.6 Å². The SMILES string of the molecule is CCCCC1(CCCC)CN(c2ccccc2)c2cc(SC)c(OCC(=O)N[C@@H](C(=O)N[C@H](C(=O)O)C(C)O)c3ccc(O)cc3)cc2S(=O)(=O)C1. The first-order valence-electron chi connectivity index (χ1n) is 17.4. The highest BCUT2D eigenvalue weighted by Gasteiger charge is 2.42. The fraction of sp³-hybridized carbons (Fsp3) is 0.447. The third-order valence-corrected chi connectivity index (χ3v) is 12.0. The van der Waals surface area contributed by atoms with Crippen molar-refractivity contribution in [3.05, 3.63) is 72.3 Å². The lowest BCUT2D eigenvalue weighted by molar-refractivity contribution is -0.145. The number of carboxylic acids is 1. The number of nitrogens with zero attached hydrogens (tertiary/aromatic N) is 1. The number of unbranched alkanes of at least 4 members (excludes halogenated alkanes) is 2. The number of phenols is 1. The highest BCUT2D eigenvalue weighted by atomic mass is 32.2. The second-order valence-corrected chi connectivity index (χ2v) is 16.1. The van der Waals surface area contributed by atoms with Crippen LogP contribution in [-0.2, 0) is 24.2 Å². The lowest BCUT2D eigenvalue weighted by Crippen LogP contribution is -2.52. The van der Waals surface area contributed by atoms with E-state index in [1.165, 1.54) is 49.0 Å². The van der Waals surface area contributed by atoms with Crippen LogP contribution in [0.2, 0.25) is 0 Å². The summed E-state index contributed by atoms with van der Waals surface area (Å²) < 4.78 is 34.8. The molecule has 0 saturated heterocycles. The van der Waals surface area contributed by atoms with Crippen LogP contribution in [0.4, 0.5) is 11.4 Å². The zero-order valence-electron chi connectivity index (χ0n) is 30.0. The summed E-state index contributed by atoms with van der Waals surface area (Å²) in [6.07, 6.45) is 5.60. The summed E-state index contributed by atoms with van der Waals surface area (Å²) in [4.78, 5) is 41.1. The Hall–Kier alpha value is -4.27. The zero-order valence-corrected chi connectivity index (χ0v) is 31.6. The summed E-state index contributed by atoms with van der Waals surface area (Å²) in [5.41, 5.74) is 1.15. The highest BCUT2D eigenvalue weighted by molar-refractivity contribution is 7.98. The highest BCUT2D eigenvalue weighted by Crippen LogP contribution is 2.47. The van der Waals surface area contributed by atoms with Crippen molar-refractivity contribution in [3.63, 3.8) is 0 Å². The van der Waals surface area contributed by atoms with Crippen molar-refractivity contribution < 1.29 is 42.9 Å². The molecule has 3 aromatic rings. The summed E-state index contributed by atoms with van der Waals surface area (Å²) >= 11 is 1.34. The minimum Gasteiger partial charge on any atom is -0.508 e. The largest absolute Gasteiger partial charge is 0.508 e. The number of sulfone groups is 1. The number of nitrogens with one attached hydrogen (secondary N) is 2. The van der Waals surface area contributed by atoms with Gasteiger partial charge in [0.25, 0.3) is 5.91 Å². The fourth-order valence-corrected chi connectivity index (χ4v) is 9.18. The van der Waals surface area contributed by atoms with Crippen molar-refractivity contribution in [1.82, 2.24) is 10.6 Å². The minimum atomic E-state index is -3.84. The molecule has 52 heavy (non-hydrogen) atoms. The number of rotatable bonds is 17. The number of ether oxygens (including phenoxy) is 1. The van der Waals surface area contributed by atoms with Crippen LogP contribution in [-0.4, -0.2) is 78.8 Å². The Morgan fingerprint density at radius 2 is 1.62 bits per heavy atom. The lowest BCUT2D eigenvalue weighted by atomic mass is 9.79. The van der Waals surface area contributed by atoms with Gasteiger partial charge in [-0.3, -0.25) is 9.59 Å². The molecule has 12 nitrogen and oxygen atoms in total. The van der Waals surface area contributed by atoms with Crippen LogP contribution in [0.3, 0.4) is 0 Å². The molecule has 1 heterocycles. The number of fused-ring (bicyclic) bond motifs is 1. The Kier molecular flexibility index (Phi) is 14.0. The summed E-state index contributed by atoms with van der Waals surface area (Å²) in [7, 11) is -3.84. The third kappa shape index (κ3) is 9.98. The van der Waals surface area contributed by atoms with Gasteiger partial charge in [0, 0.05) is 23.7 Å². The number of hydrogen-bond acceptors (Lipinski definition) is 10. The van der Waals surface area contributed by atoms with Crippen LogP contribution in [0.1, 0.15) is 70.9 Å². The van der Waals surface area contributed by atoms with Gasteiger partial charge in [-0.15, -0.1) is 11.8 Å². The van der Waals surface area contributed by atoms with E-state index in [1.54, 1.807) is 6.07 Å². The maximum absolute atomic E-state index is 14.4. The fourth-order valence-electron chi connectivity index (χ4n) is 6.52. The molecule has 0 radical (unpaired) electrons. The number of carbonyl (C=O) groups is 3. The number of carboxylic acid groups (broad SMARTS) is 1. The Morgan fingerprint density at radius 3 is 2.17 bits per heavy atom. The van der Waals surface area contributed by atoms with Crippen molar-refractivity contribution in [3.8, 4) is 11.5 Å². The zero-order chi connectivity index (χ0) is 38.1. The van der Waals surface area contributed by atoms with E-state index in [4.69, 9.17) is 4.74 Å². The predicted molar refractivity (Wildman–Crippen MR) is 201 cm³/mol. The number of aliphatic hydroxyl groups excluding tert-OH is 1. The maximum atomic E-state index is 14.4. The lowest BCUT2D eigenvalue weighted by Gasteiger charge is -2.37. The van der Waals surface area contributed by atoms with Crippen molar-refractivity contribution in [1.29, 1.82) is 0 Å². The first kappa shape index (κ1) is 40.5. The number of hydrogen-bond donors (Lipinski definition) is 5. The van der Waals surface area contributed by atoms with Gasteiger partial charge in [-0.05, 0) is 61.9 Å². The van der Waals surface area contributed by atoms with E-state index in [-0.39, 0.29) is 27.7 Å². The average Bonchev–Trinajstić information content (AvgIpc) is 3.21. The smallest absolute Gasteiger partial charge is 0.328 e. The van der Waals surface area contributed by atoms with Gasteiger partial charge in [0.15, 0.2) is 22.5 Å². The first-order chi connectivity index (χ1) is 24.7. The second kappa shape index (κ2) is 18.0. The van der Waals surface area contributed by atoms with Gasteiger partial charge in [-0.25, -0.2) is 13.2 Å². The number of phenolic OH excluding ortho intramolecular Hbond substituents is 1. The molecule has 0 spiro atoms. The van der Waals surface area contributed by atoms with Crippen LogP contribution in [0.15, 0.2) is 76.5 Å². The van der Waals surface area contributed by atoms with Gasteiger partial charge in [0.1, 0.15) is 17.5 Å². The van der Waals surface area contributed by atoms with Gasteiger partial charge in [0.05, 0.1) is 27.3 Å². The van der Waals surface area contributed by atoms with Gasteiger partial charge >= 0.3 is 5.97 Å². The summed E-state index contributed by atoms with van der Waals surface area (Å²) in [5, 5.41) is 33.9. The second-order valence-electron chi connectivity index (χ2n) is 13.3. The number of anilines is 2. The standard InChI is InChI=1S/C38H49N3O9S2/c1-5-7-18-38(19-8-6-2)23-41(27-12-10-9-11-13-27)29-20-31(51-4)30(21-32(29)52(48,49)24-38)50-22-33(44)39-35(26-14-16-28(43)17-15-26)36(45)40-34(25(3)42)37(46)47/h9-17,20-21,25,34-35,42-43H,5-8,18-19,22-24H2,1-4H3,(H,39,44)(H,40,45)(H,46,47)/t25?,34-,35+/m0/s1. The van der Waals surface area contributed by atoms with Gasteiger partial charge < -0.3 is 35.6 Å². The van der Waals surface area contributed by atoms with Crippen LogP contribution in [0, 0.1) is 5.41 Å². The molecule has 14 heteroatoms. The molecule has 282 valence electrons. The number of aliphatic carboxylic acids is 1. The van der Waals surface area contributed by atoms with E-state index in [2.05, 4.69) is 29.4 Å². The molecular weight excluding hydrogens is 707 g/mol. The monoisotopic (exact) mass is 755 g/mol. The summed E-state index contributed by atoms with van der Waals surface area (Å²) in [5.74, 6) is -3.08. The molecule has 1 unspecified atom stereocenters. The molecule has 1 aliphatic rings. The third-order valence-electron chi connectivity index (χ3n) is 9.25. The number of para-hydroxylation sites is 1. The van der Waals surface area contributed by atoms with Crippen LogP contribution in [0.5, 0.6) is 11.5 Å². The molecule has 5 N–H and O–H groups in total. The molecule has 0 aliphatic carbocycles. The Morgan fingerprint density at radius 1 is 0.981 bits per heavy atom. The molecule has 1 aliphatic heterocycles. The summed E-state index contributed by atoms with van der Waals surface area (Å²) in [6, 6.07) is 15.3. The van der Waals surface area contributed by atoms with Crippen LogP contribution in [0.25, 0.3) is 0 Å². The van der Waals surface area contributed by atoms with Crippen molar-refractivity contribution in [2.24, 2.45) is 5.41 Å². The average molecular weight is 756 g/mol. The molecule has 0 bridgehead atoms. The molecule has 0 saturated carbocycles. The van der Waals surface area contributed by atoms with Gasteiger partial charge in [-0.2, -0.15) is 0 Å². The number of amides is 2. The number of benzene rings is 3. The molecular formula is C38H49N3O9S2. The quantitative estimate of drug-likeness (QED) is 0.108. The van der Waals surface area contributed by atoms with Crippen molar-refractivity contribution in [2.45, 2.75) is 87.3 Å². The van der Waals surface area contributed by atoms with E-state index in [0.717, 1.165) is 44.2 Å². The Labute approximate surface area is 309 Å². The van der Waals surface area contributed by atoms with E-state index < -0.39 is 57.8 Å². The minimum absolute atomic E-state index is 0.0257. The first-order valence-corrected chi connectivity index (χ1v) is 20.3. The van der Waals surface area contributed by atoms with Gasteiger partial charge in [0.2, 0.25) is 5.91 Å². The predicted octanol–water partition coefficient (Wildman–Crippen LogP) is 5.59. The molecule has 4 rings (SSSR count). The molecule has 2 amide bonds. The van der Waals surface area contributed by atoms with Crippen LogP contribution >= 0.6 is 11.8 Å². The molecule has 0 aromatic heterocycles. The number of aromatic hydroxyl groups is 1. The normalized spacial score (nSPS) is 16.4. The molecule has 3 aromatic carbocycles. The topological polar surface area (TPSA) is 183 Å². The number of thioether (sulfide) groups is 1. The molecule has 0 fully saturated rings.